The molecule has 0 saturated carbocycles. The van der Waals surface area contributed by atoms with Gasteiger partial charge in [0, 0.05) is 22.2 Å². The number of carbonyl (C=O) groups is 2. The smallest absolute Gasteiger partial charge is 0.237 e. The van der Waals surface area contributed by atoms with Crippen molar-refractivity contribution >= 4 is 40.7 Å². The number of rotatable bonds is 1. The van der Waals surface area contributed by atoms with Gasteiger partial charge in [0.1, 0.15) is 5.41 Å². The number of anilines is 1. The first-order valence-corrected chi connectivity index (χ1v) is 10.1. The Morgan fingerprint density at radius 3 is 2.43 bits per heavy atom. The molecule has 0 aromatic heterocycles. The number of fused-ring (bicyclic) bond motifs is 2. The first kappa shape index (κ1) is 19.3. The third-order valence-corrected chi connectivity index (χ3v) is 6.45. The van der Waals surface area contributed by atoms with E-state index in [2.05, 4.69) is 31.4 Å². The van der Waals surface area contributed by atoms with Crippen LogP contribution in [-0.2, 0) is 15.0 Å². The van der Waals surface area contributed by atoms with Gasteiger partial charge in [-0.1, -0.05) is 62.2 Å². The summed E-state index contributed by atoms with van der Waals surface area (Å²) in [5, 5.41) is 7.23. The van der Waals surface area contributed by atoms with Crippen LogP contribution in [0.15, 0.2) is 42.5 Å². The lowest BCUT2D eigenvalue weighted by atomic mass is 9.54. The maximum atomic E-state index is 13.6. The van der Waals surface area contributed by atoms with Gasteiger partial charge in [-0.15, -0.1) is 0 Å². The number of hydrogen-bond acceptors (Lipinski definition) is 2. The lowest BCUT2D eigenvalue weighted by Crippen LogP contribution is -2.60. The maximum absolute atomic E-state index is 13.6. The van der Waals surface area contributed by atoms with E-state index in [1.165, 1.54) is 0 Å². The van der Waals surface area contributed by atoms with Crippen LogP contribution in [0.5, 0.6) is 0 Å². The molecule has 4 nitrogen and oxygen atoms in total. The van der Waals surface area contributed by atoms with Crippen molar-refractivity contribution in [1.82, 2.24) is 5.32 Å². The molecule has 2 N–H and O–H groups in total. The molecular formula is C22H22Cl2N2O2. The van der Waals surface area contributed by atoms with Gasteiger partial charge in [-0.05, 0) is 46.7 Å². The van der Waals surface area contributed by atoms with Crippen molar-refractivity contribution < 1.29 is 9.59 Å². The minimum Gasteiger partial charge on any atom is -0.348 e. The van der Waals surface area contributed by atoms with E-state index >= 15 is 0 Å². The van der Waals surface area contributed by atoms with Gasteiger partial charge in [-0.25, -0.2) is 0 Å². The normalized spacial score (nSPS) is 26.8. The molecule has 2 aliphatic heterocycles. The molecule has 1 fully saturated rings. The molecule has 3 atom stereocenters. The second kappa shape index (κ2) is 6.50. The SMILES string of the molecule is CC(C)(C)C1CC(=O)NC(c2cccc(Cl)c2)C12C(=O)Nc1cc(Cl)ccc12. The molecule has 1 spiro atoms. The van der Waals surface area contributed by atoms with Crippen molar-refractivity contribution in [2.24, 2.45) is 11.3 Å². The lowest BCUT2D eigenvalue weighted by Gasteiger charge is -2.51. The highest BCUT2D eigenvalue weighted by atomic mass is 35.5. The average Bonchev–Trinajstić information content (AvgIpc) is 2.87. The highest BCUT2D eigenvalue weighted by Crippen LogP contribution is 2.58. The summed E-state index contributed by atoms with van der Waals surface area (Å²) in [6.45, 7) is 6.23. The van der Waals surface area contributed by atoms with Gasteiger partial charge >= 0.3 is 0 Å². The van der Waals surface area contributed by atoms with Crippen LogP contribution < -0.4 is 10.6 Å². The van der Waals surface area contributed by atoms with Crippen molar-refractivity contribution in [3.05, 3.63) is 63.6 Å². The first-order valence-electron chi connectivity index (χ1n) is 9.30. The number of piperidine rings is 1. The van der Waals surface area contributed by atoms with Gasteiger partial charge in [0.05, 0.1) is 6.04 Å². The summed E-state index contributed by atoms with van der Waals surface area (Å²) >= 11 is 12.4. The first-order chi connectivity index (χ1) is 13.1. The van der Waals surface area contributed by atoms with Crippen LogP contribution >= 0.6 is 23.2 Å². The van der Waals surface area contributed by atoms with Crippen LogP contribution in [0.25, 0.3) is 0 Å². The summed E-state index contributed by atoms with van der Waals surface area (Å²) in [4.78, 5) is 26.3. The molecule has 2 aromatic carbocycles. The predicted molar refractivity (Wildman–Crippen MR) is 112 cm³/mol. The van der Waals surface area contributed by atoms with E-state index in [0.29, 0.717) is 15.7 Å². The van der Waals surface area contributed by atoms with Gasteiger partial charge in [-0.2, -0.15) is 0 Å². The van der Waals surface area contributed by atoms with E-state index in [1.807, 2.05) is 24.3 Å². The molecule has 0 aliphatic carbocycles. The summed E-state index contributed by atoms with van der Waals surface area (Å²) in [6.07, 6.45) is 0.274. The minimum atomic E-state index is -0.948. The number of amides is 2. The summed E-state index contributed by atoms with van der Waals surface area (Å²) < 4.78 is 0. The van der Waals surface area contributed by atoms with Gasteiger partial charge in [0.25, 0.3) is 0 Å². The minimum absolute atomic E-state index is 0.0641. The number of halogens is 2. The molecule has 0 bridgehead atoms. The summed E-state index contributed by atoms with van der Waals surface area (Å²) in [5.74, 6) is -0.388. The highest BCUT2D eigenvalue weighted by Gasteiger charge is 2.63. The van der Waals surface area contributed by atoms with E-state index in [4.69, 9.17) is 23.2 Å². The molecule has 2 aromatic rings. The Kier molecular flexibility index (Phi) is 4.48. The van der Waals surface area contributed by atoms with Crippen LogP contribution in [-0.4, -0.2) is 11.8 Å². The van der Waals surface area contributed by atoms with Gasteiger partial charge in [-0.3, -0.25) is 9.59 Å². The lowest BCUT2D eigenvalue weighted by molar-refractivity contribution is -0.137. The van der Waals surface area contributed by atoms with Crippen molar-refractivity contribution in [2.75, 3.05) is 5.32 Å². The Morgan fingerprint density at radius 1 is 1.04 bits per heavy atom. The van der Waals surface area contributed by atoms with Crippen LogP contribution in [0.3, 0.4) is 0 Å². The topological polar surface area (TPSA) is 58.2 Å². The van der Waals surface area contributed by atoms with E-state index in [-0.39, 0.29) is 29.6 Å². The fraction of sp³-hybridized carbons (Fsp3) is 0.364. The van der Waals surface area contributed by atoms with Crippen molar-refractivity contribution in [3.63, 3.8) is 0 Å². The Labute approximate surface area is 174 Å². The molecule has 6 heteroatoms. The fourth-order valence-electron chi connectivity index (χ4n) is 4.86. The molecule has 2 aliphatic rings. The molecule has 0 radical (unpaired) electrons. The Bertz CT molecular complexity index is 983. The monoisotopic (exact) mass is 416 g/mol. The third kappa shape index (κ3) is 2.82. The molecular weight excluding hydrogens is 395 g/mol. The van der Waals surface area contributed by atoms with Crippen LogP contribution in [0, 0.1) is 11.3 Å². The largest absolute Gasteiger partial charge is 0.348 e. The number of hydrogen-bond donors (Lipinski definition) is 2. The van der Waals surface area contributed by atoms with Crippen LogP contribution in [0.1, 0.15) is 44.4 Å². The van der Waals surface area contributed by atoms with E-state index in [1.54, 1.807) is 18.2 Å². The van der Waals surface area contributed by atoms with Crippen molar-refractivity contribution in [3.8, 4) is 0 Å². The fourth-order valence-corrected chi connectivity index (χ4v) is 5.23. The zero-order valence-corrected chi connectivity index (χ0v) is 17.5. The average molecular weight is 417 g/mol. The highest BCUT2D eigenvalue weighted by molar-refractivity contribution is 6.31. The number of carbonyl (C=O) groups excluding carboxylic acids is 2. The second-order valence-corrected chi connectivity index (χ2v) is 9.56. The van der Waals surface area contributed by atoms with E-state index in [9.17, 15) is 9.59 Å². The Balaban J connectivity index is 2.02. The summed E-state index contributed by atoms with van der Waals surface area (Å²) in [7, 11) is 0. The molecule has 28 heavy (non-hydrogen) atoms. The zero-order valence-electron chi connectivity index (χ0n) is 16.0. The van der Waals surface area contributed by atoms with Crippen LogP contribution in [0.2, 0.25) is 10.0 Å². The van der Waals surface area contributed by atoms with Crippen molar-refractivity contribution in [2.45, 2.75) is 38.6 Å². The molecule has 146 valence electrons. The molecule has 2 heterocycles. The van der Waals surface area contributed by atoms with Gasteiger partial charge in [0.15, 0.2) is 0 Å². The Hall–Kier alpha value is -2.04. The van der Waals surface area contributed by atoms with Crippen molar-refractivity contribution in [1.29, 1.82) is 0 Å². The Morgan fingerprint density at radius 2 is 1.75 bits per heavy atom. The quantitative estimate of drug-likeness (QED) is 0.678. The predicted octanol–water partition coefficient (Wildman–Crippen LogP) is 5.11. The van der Waals surface area contributed by atoms with E-state index in [0.717, 1.165) is 11.1 Å². The maximum Gasteiger partial charge on any atom is 0.237 e. The summed E-state index contributed by atoms with van der Waals surface area (Å²) in [6, 6.07) is 12.3. The standard InChI is InChI=1S/C22H22Cl2N2O2/c1-21(2,3)17-11-18(27)26-19(12-5-4-6-13(23)9-12)22(17)15-8-7-14(24)10-16(15)25-20(22)28/h4-10,17,19H,11H2,1-3H3,(H,25,28)(H,26,27). The van der Waals surface area contributed by atoms with Gasteiger partial charge < -0.3 is 10.6 Å². The molecule has 1 saturated heterocycles. The third-order valence-electron chi connectivity index (χ3n) is 5.98. The van der Waals surface area contributed by atoms with Crippen LogP contribution in [0.4, 0.5) is 5.69 Å². The van der Waals surface area contributed by atoms with Gasteiger partial charge in [0.2, 0.25) is 11.8 Å². The molecule has 4 rings (SSSR count). The number of nitrogens with one attached hydrogen (secondary N) is 2. The zero-order chi connectivity index (χ0) is 20.3. The molecule has 3 unspecified atom stereocenters. The second-order valence-electron chi connectivity index (χ2n) is 8.69. The van der Waals surface area contributed by atoms with E-state index < -0.39 is 11.5 Å². The number of benzene rings is 2. The summed E-state index contributed by atoms with van der Waals surface area (Å²) in [5.41, 5.74) is 1.15. The molecule has 2 amide bonds.